The molecular weight excluding hydrogens is 321 g/mol. The summed E-state index contributed by atoms with van der Waals surface area (Å²) in [6.45, 7) is 1.33. The van der Waals surface area contributed by atoms with E-state index in [1.165, 1.54) is 19.1 Å². The maximum atomic E-state index is 12.6. The number of hydrogen-bond donors (Lipinski definition) is 2. The summed E-state index contributed by atoms with van der Waals surface area (Å²) in [6, 6.07) is 11.0. The van der Waals surface area contributed by atoms with E-state index < -0.39 is 17.6 Å². The van der Waals surface area contributed by atoms with Gasteiger partial charge in [-0.15, -0.1) is 0 Å². The van der Waals surface area contributed by atoms with Gasteiger partial charge in [0.05, 0.1) is 12.1 Å². The summed E-state index contributed by atoms with van der Waals surface area (Å²) in [6.07, 6.45) is -4.46. The third kappa shape index (κ3) is 4.84. The molecule has 0 atom stereocenters. The van der Waals surface area contributed by atoms with Crippen LogP contribution in [-0.2, 0) is 11.0 Å². The van der Waals surface area contributed by atoms with Crippen LogP contribution < -0.4 is 10.6 Å². The van der Waals surface area contributed by atoms with Crippen molar-refractivity contribution in [3.8, 4) is 0 Å². The van der Waals surface area contributed by atoms with Gasteiger partial charge >= 0.3 is 6.18 Å². The average Bonchev–Trinajstić information content (AvgIpc) is 2.53. The first kappa shape index (κ1) is 17.5. The Labute approximate surface area is 136 Å². The predicted octanol–water partition coefficient (Wildman–Crippen LogP) is 3.96. The molecule has 0 spiro atoms. The molecule has 4 nitrogen and oxygen atoms in total. The molecule has 0 aromatic heterocycles. The second kappa shape index (κ2) is 7.16. The number of halogens is 3. The van der Waals surface area contributed by atoms with E-state index in [0.717, 1.165) is 12.1 Å². The molecule has 0 saturated carbocycles. The molecule has 2 N–H and O–H groups in total. The Morgan fingerprint density at radius 3 is 2.25 bits per heavy atom. The van der Waals surface area contributed by atoms with Crippen molar-refractivity contribution in [2.45, 2.75) is 13.1 Å². The van der Waals surface area contributed by atoms with Gasteiger partial charge in [-0.2, -0.15) is 13.2 Å². The molecular formula is C17H15F3N2O2. The summed E-state index contributed by atoms with van der Waals surface area (Å²) in [5, 5.41) is 5.23. The van der Waals surface area contributed by atoms with Gasteiger partial charge in [-0.25, -0.2) is 0 Å². The maximum Gasteiger partial charge on any atom is 0.416 e. The highest BCUT2D eigenvalue weighted by molar-refractivity contribution is 5.95. The van der Waals surface area contributed by atoms with E-state index in [-0.39, 0.29) is 18.0 Å². The molecule has 0 bridgehead atoms. The van der Waals surface area contributed by atoms with Gasteiger partial charge in [0.25, 0.3) is 0 Å². The lowest BCUT2D eigenvalue weighted by Crippen LogP contribution is -2.22. The lowest BCUT2D eigenvalue weighted by atomic mass is 10.1. The van der Waals surface area contributed by atoms with Crippen LogP contribution in [0.4, 0.5) is 24.5 Å². The van der Waals surface area contributed by atoms with E-state index in [1.807, 2.05) is 0 Å². The molecule has 2 aromatic rings. The summed E-state index contributed by atoms with van der Waals surface area (Å²) in [4.78, 5) is 23.0. The molecule has 7 heteroatoms. The van der Waals surface area contributed by atoms with Crippen molar-refractivity contribution in [2.75, 3.05) is 17.2 Å². The molecule has 2 aromatic carbocycles. The Kier molecular flexibility index (Phi) is 5.23. The van der Waals surface area contributed by atoms with Gasteiger partial charge in [0, 0.05) is 16.9 Å². The number of ketones is 1. The van der Waals surface area contributed by atoms with E-state index in [1.54, 1.807) is 24.3 Å². The molecule has 24 heavy (non-hydrogen) atoms. The van der Waals surface area contributed by atoms with Gasteiger partial charge in [0.15, 0.2) is 5.78 Å². The second-order valence-corrected chi connectivity index (χ2v) is 5.11. The average molecular weight is 336 g/mol. The molecule has 0 saturated heterocycles. The molecule has 1 amide bonds. The Balaban J connectivity index is 1.93. The summed E-state index contributed by atoms with van der Waals surface area (Å²) in [7, 11) is 0. The Morgan fingerprint density at radius 1 is 1.00 bits per heavy atom. The molecule has 2 rings (SSSR count). The third-order valence-electron chi connectivity index (χ3n) is 3.22. The first-order valence-electron chi connectivity index (χ1n) is 7.08. The molecule has 0 aliphatic carbocycles. The number of carbonyl (C=O) groups excluding carboxylic acids is 2. The summed E-state index contributed by atoms with van der Waals surface area (Å²) in [5.74, 6) is -0.547. The summed E-state index contributed by atoms with van der Waals surface area (Å²) >= 11 is 0. The highest BCUT2D eigenvalue weighted by Gasteiger charge is 2.30. The van der Waals surface area contributed by atoms with Crippen molar-refractivity contribution in [3.05, 3.63) is 59.7 Å². The van der Waals surface area contributed by atoms with Crippen LogP contribution in [-0.4, -0.2) is 18.2 Å². The standard InChI is InChI=1S/C17H15F3N2O2/c1-11(23)12-5-7-14(8-6-12)21-10-16(24)22-15-4-2-3-13(9-15)17(18,19)20/h2-9,21H,10H2,1H3,(H,22,24). The van der Waals surface area contributed by atoms with Crippen molar-refractivity contribution < 1.29 is 22.8 Å². The van der Waals surface area contributed by atoms with Gasteiger partial charge in [-0.05, 0) is 49.4 Å². The van der Waals surface area contributed by atoms with Crippen molar-refractivity contribution in [1.29, 1.82) is 0 Å². The first-order valence-corrected chi connectivity index (χ1v) is 7.08. The van der Waals surface area contributed by atoms with Crippen LogP contribution in [0.2, 0.25) is 0 Å². The smallest absolute Gasteiger partial charge is 0.376 e. The fourth-order valence-corrected chi connectivity index (χ4v) is 1.98. The van der Waals surface area contributed by atoms with Gasteiger partial charge in [-0.1, -0.05) is 6.07 Å². The minimum absolute atomic E-state index is 0.0659. The summed E-state index contributed by atoms with van der Waals surface area (Å²) < 4.78 is 37.8. The maximum absolute atomic E-state index is 12.6. The summed E-state index contributed by atoms with van der Waals surface area (Å²) in [5.41, 5.74) is 0.421. The van der Waals surface area contributed by atoms with Crippen LogP contribution in [0, 0.1) is 0 Å². The topological polar surface area (TPSA) is 58.2 Å². The quantitative estimate of drug-likeness (QED) is 0.813. The van der Waals surface area contributed by atoms with Gasteiger partial charge < -0.3 is 10.6 Å². The second-order valence-electron chi connectivity index (χ2n) is 5.11. The van der Waals surface area contributed by atoms with Crippen molar-refractivity contribution >= 4 is 23.1 Å². The van der Waals surface area contributed by atoms with Crippen LogP contribution in [0.3, 0.4) is 0 Å². The molecule has 0 aliphatic rings. The largest absolute Gasteiger partial charge is 0.416 e. The molecule has 126 valence electrons. The monoisotopic (exact) mass is 336 g/mol. The Bertz CT molecular complexity index is 740. The first-order chi connectivity index (χ1) is 11.3. The Hall–Kier alpha value is -2.83. The number of hydrogen-bond acceptors (Lipinski definition) is 3. The molecule has 0 unspecified atom stereocenters. The number of anilines is 2. The van der Waals surface area contributed by atoms with E-state index in [0.29, 0.717) is 11.3 Å². The van der Waals surface area contributed by atoms with Crippen LogP contribution in [0.15, 0.2) is 48.5 Å². The number of amides is 1. The molecule has 0 heterocycles. The van der Waals surface area contributed by atoms with Gasteiger partial charge in [0.2, 0.25) is 5.91 Å². The van der Waals surface area contributed by atoms with Crippen LogP contribution in [0.5, 0.6) is 0 Å². The SMILES string of the molecule is CC(=O)c1ccc(NCC(=O)Nc2cccc(C(F)(F)F)c2)cc1. The normalized spacial score (nSPS) is 11.0. The number of carbonyl (C=O) groups is 2. The van der Waals surface area contributed by atoms with Crippen molar-refractivity contribution in [1.82, 2.24) is 0 Å². The van der Waals surface area contributed by atoms with Crippen LogP contribution >= 0.6 is 0 Å². The fraction of sp³-hybridized carbons (Fsp3) is 0.176. The zero-order valence-corrected chi connectivity index (χ0v) is 12.8. The number of alkyl halides is 3. The van der Waals surface area contributed by atoms with Crippen LogP contribution in [0.1, 0.15) is 22.8 Å². The molecule has 0 aliphatic heterocycles. The van der Waals surface area contributed by atoms with E-state index in [9.17, 15) is 22.8 Å². The van der Waals surface area contributed by atoms with E-state index in [4.69, 9.17) is 0 Å². The zero-order chi connectivity index (χ0) is 17.7. The fourth-order valence-electron chi connectivity index (χ4n) is 1.98. The van der Waals surface area contributed by atoms with Gasteiger partial charge in [0.1, 0.15) is 0 Å². The minimum Gasteiger partial charge on any atom is -0.376 e. The third-order valence-corrected chi connectivity index (χ3v) is 3.22. The highest BCUT2D eigenvalue weighted by Crippen LogP contribution is 2.30. The molecule has 0 radical (unpaired) electrons. The Morgan fingerprint density at radius 2 is 1.67 bits per heavy atom. The lowest BCUT2D eigenvalue weighted by molar-refractivity contribution is -0.137. The van der Waals surface area contributed by atoms with E-state index in [2.05, 4.69) is 10.6 Å². The van der Waals surface area contributed by atoms with Gasteiger partial charge in [-0.3, -0.25) is 9.59 Å². The van der Waals surface area contributed by atoms with Crippen LogP contribution in [0.25, 0.3) is 0 Å². The van der Waals surface area contributed by atoms with Crippen molar-refractivity contribution in [3.63, 3.8) is 0 Å². The lowest BCUT2D eigenvalue weighted by Gasteiger charge is -2.11. The van der Waals surface area contributed by atoms with E-state index >= 15 is 0 Å². The zero-order valence-electron chi connectivity index (χ0n) is 12.8. The highest BCUT2D eigenvalue weighted by atomic mass is 19.4. The predicted molar refractivity (Wildman–Crippen MR) is 85.0 cm³/mol. The van der Waals surface area contributed by atoms with Crippen molar-refractivity contribution in [2.24, 2.45) is 0 Å². The molecule has 0 fully saturated rings. The number of nitrogens with one attached hydrogen (secondary N) is 2. The minimum atomic E-state index is -4.46. The number of Topliss-reactive ketones (excluding diaryl/α,β-unsaturated/α-hetero) is 1. The number of rotatable bonds is 5. The number of benzene rings is 2.